The summed E-state index contributed by atoms with van der Waals surface area (Å²) in [4.78, 5) is 181. The number of hydrogen-bond donors (Lipinski definition) is 12. The number of aliphatic imine (C=N–C) groups is 1. The Morgan fingerprint density at radius 1 is 0.400 bits per heavy atom. The molecule has 0 spiro atoms. The molecule has 3 heterocycles. The van der Waals surface area contributed by atoms with E-state index in [1.54, 1.807) is 0 Å². The molecule has 14 N–H and O–H groups in total. The molecule has 3 aliphatic heterocycles. The molecule has 3 aliphatic rings. The molecule has 0 aromatic rings. The van der Waals surface area contributed by atoms with Crippen LogP contribution < -0.4 is 64.6 Å². The SMILES string of the molecule is CCCCCCCCCCCCCCNC(=O)CC[C@H](NC(=O)[C@@H]1CCCN1C(=O)[C@@H]1CCCN1C(=O)[C@@H]1CCCN1C(=O)[C@H](C)NC(=O)[C@H](C)NC(=O)CNC(=O)CNC(=O)[C@H](C)NC(=O)[C@H](CCCN=C(N)N)NC(=O)CNC(C)=O)C(=O)NCCCCCCCCCCCCCC. The van der Waals surface area contributed by atoms with Crippen molar-refractivity contribution in [2.75, 3.05) is 58.9 Å². The second-order valence-corrected chi connectivity index (χ2v) is 27.3. The van der Waals surface area contributed by atoms with E-state index in [9.17, 15) is 62.3 Å². The fourth-order valence-corrected chi connectivity index (χ4v) is 12.8. The molecule has 29 heteroatoms. The second kappa shape index (κ2) is 50.7. The van der Waals surface area contributed by atoms with Gasteiger partial charge in [-0.15, -0.1) is 0 Å². The Morgan fingerprint density at radius 3 is 1.36 bits per heavy atom. The van der Waals surface area contributed by atoms with Crippen molar-refractivity contribution in [3.8, 4) is 0 Å². The fraction of sp³-hybridized carbons (Fsp3) is 0.803. The number of likely N-dealkylation sites (tertiary alicyclic amines) is 3. The molecule has 0 aromatic heterocycles. The monoisotopic (exact) mass is 1410 g/mol. The van der Waals surface area contributed by atoms with E-state index in [2.05, 4.69) is 72.0 Å². The molecule has 13 amide bonds. The van der Waals surface area contributed by atoms with Crippen LogP contribution in [0.4, 0.5) is 0 Å². The molecule has 8 atom stereocenters. The second-order valence-electron chi connectivity index (χ2n) is 27.3. The summed E-state index contributed by atoms with van der Waals surface area (Å²) in [7, 11) is 0. The summed E-state index contributed by atoms with van der Waals surface area (Å²) >= 11 is 0. The zero-order chi connectivity index (χ0) is 73.6. The molecule has 568 valence electrons. The van der Waals surface area contributed by atoms with Gasteiger partial charge in [0.2, 0.25) is 76.8 Å². The maximum atomic E-state index is 14.6. The van der Waals surface area contributed by atoms with Crippen LogP contribution in [0.25, 0.3) is 0 Å². The van der Waals surface area contributed by atoms with Crippen LogP contribution in [0, 0.1) is 0 Å². The van der Waals surface area contributed by atoms with Gasteiger partial charge in [-0.25, -0.2) is 0 Å². The summed E-state index contributed by atoms with van der Waals surface area (Å²) in [6, 6.07) is -8.43. The van der Waals surface area contributed by atoms with Gasteiger partial charge in [-0.2, -0.15) is 0 Å². The Kier molecular flexibility index (Phi) is 43.9. The Labute approximate surface area is 594 Å². The minimum atomic E-state index is -1.19. The molecule has 0 radical (unpaired) electrons. The molecular formula is C71H126N16O13. The van der Waals surface area contributed by atoms with Crippen LogP contribution in [-0.4, -0.2) is 205 Å². The number of amides is 13. The molecule has 0 bridgehead atoms. The van der Waals surface area contributed by atoms with Crippen LogP contribution in [0.3, 0.4) is 0 Å². The number of hydrogen-bond acceptors (Lipinski definition) is 14. The average Bonchev–Trinajstić information content (AvgIpc) is 1.52. The first kappa shape index (κ1) is 86.6. The van der Waals surface area contributed by atoms with Crippen molar-refractivity contribution in [1.82, 2.24) is 67.9 Å². The van der Waals surface area contributed by atoms with E-state index < -0.39 is 133 Å². The van der Waals surface area contributed by atoms with Crippen LogP contribution >= 0.6 is 0 Å². The molecule has 29 nitrogen and oxygen atoms in total. The highest BCUT2D eigenvalue weighted by atomic mass is 16.2. The van der Waals surface area contributed by atoms with Crippen molar-refractivity contribution in [3.63, 3.8) is 0 Å². The van der Waals surface area contributed by atoms with E-state index in [1.165, 1.54) is 152 Å². The summed E-state index contributed by atoms with van der Waals surface area (Å²) < 4.78 is 0. The van der Waals surface area contributed by atoms with Crippen LogP contribution in [0.5, 0.6) is 0 Å². The minimum absolute atomic E-state index is 0.0280. The third-order valence-electron chi connectivity index (χ3n) is 18.7. The lowest BCUT2D eigenvalue weighted by Gasteiger charge is -2.35. The summed E-state index contributed by atoms with van der Waals surface area (Å²) in [5, 5.41) is 25.9. The summed E-state index contributed by atoms with van der Waals surface area (Å²) in [6.07, 6.45) is 31.6. The normalized spacial score (nSPS) is 17.1. The van der Waals surface area contributed by atoms with Crippen molar-refractivity contribution >= 4 is 82.8 Å². The van der Waals surface area contributed by atoms with Gasteiger partial charge in [-0.3, -0.25) is 67.3 Å². The first-order valence-electron chi connectivity index (χ1n) is 37.8. The van der Waals surface area contributed by atoms with Gasteiger partial charge in [0, 0.05) is 52.6 Å². The van der Waals surface area contributed by atoms with E-state index in [4.69, 9.17) is 11.5 Å². The molecule has 0 unspecified atom stereocenters. The molecule has 100 heavy (non-hydrogen) atoms. The molecule has 3 saturated heterocycles. The molecule has 0 aromatic carbocycles. The van der Waals surface area contributed by atoms with Gasteiger partial charge < -0.3 is 79.3 Å². The van der Waals surface area contributed by atoms with Crippen molar-refractivity contribution < 1.29 is 62.3 Å². The Bertz CT molecular complexity index is 2610. The lowest BCUT2D eigenvalue weighted by atomic mass is 10.1. The van der Waals surface area contributed by atoms with Crippen molar-refractivity contribution in [3.05, 3.63) is 0 Å². The number of nitrogens with one attached hydrogen (secondary N) is 10. The Hall–Kier alpha value is -7.62. The maximum Gasteiger partial charge on any atom is 0.246 e. The number of rotatable bonds is 52. The molecular weight excluding hydrogens is 1280 g/mol. The molecule has 0 aliphatic carbocycles. The van der Waals surface area contributed by atoms with Crippen molar-refractivity contribution in [1.29, 1.82) is 0 Å². The van der Waals surface area contributed by atoms with Gasteiger partial charge >= 0.3 is 0 Å². The van der Waals surface area contributed by atoms with Gasteiger partial charge in [-0.05, 0) is 91.4 Å². The third-order valence-corrected chi connectivity index (χ3v) is 18.7. The number of carbonyl (C=O) groups is 13. The smallest absolute Gasteiger partial charge is 0.246 e. The van der Waals surface area contributed by atoms with Gasteiger partial charge in [0.15, 0.2) is 5.96 Å². The Morgan fingerprint density at radius 2 is 0.830 bits per heavy atom. The lowest BCUT2D eigenvalue weighted by molar-refractivity contribution is -0.151. The zero-order valence-electron chi connectivity index (χ0n) is 61.3. The predicted octanol–water partition coefficient (Wildman–Crippen LogP) is 3.28. The predicted molar refractivity (Wildman–Crippen MR) is 383 cm³/mol. The Balaban J connectivity index is 1.52. The van der Waals surface area contributed by atoms with Crippen molar-refractivity contribution in [2.45, 2.75) is 308 Å². The van der Waals surface area contributed by atoms with E-state index in [0.29, 0.717) is 51.6 Å². The van der Waals surface area contributed by atoms with Gasteiger partial charge in [0.1, 0.15) is 48.3 Å². The van der Waals surface area contributed by atoms with Crippen LogP contribution in [0.1, 0.15) is 260 Å². The van der Waals surface area contributed by atoms with Gasteiger partial charge in [0.05, 0.1) is 19.6 Å². The first-order chi connectivity index (χ1) is 48.0. The largest absolute Gasteiger partial charge is 0.370 e. The topological polar surface area (TPSA) is 416 Å². The molecule has 0 saturated carbocycles. The number of carbonyl (C=O) groups excluding carboxylic acids is 13. The van der Waals surface area contributed by atoms with Crippen molar-refractivity contribution in [2.24, 2.45) is 16.5 Å². The quantitative estimate of drug-likeness (QED) is 0.0236. The summed E-state index contributed by atoms with van der Waals surface area (Å²) in [6.45, 7) is 10.1. The fourth-order valence-electron chi connectivity index (χ4n) is 12.8. The van der Waals surface area contributed by atoms with Gasteiger partial charge in [-0.1, -0.05) is 155 Å². The highest BCUT2D eigenvalue weighted by Gasteiger charge is 2.46. The van der Waals surface area contributed by atoms with Crippen LogP contribution in [0.15, 0.2) is 4.99 Å². The van der Waals surface area contributed by atoms with E-state index >= 15 is 0 Å². The minimum Gasteiger partial charge on any atom is -0.370 e. The van der Waals surface area contributed by atoms with E-state index in [1.807, 2.05) is 0 Å². The first-order valence-corrected chi connectivity index (χ1v) is 37.8. The molecule has 3 rings (SSSR count). The number of guanidine groups is 1. The summed E-state index contributed by atoms with van der Waals surface area (Å²) in [5.41, 5.74) is 10.7. The van der Waals surface area contributed by atoms with Crippen LogP contribution in [-0.2, 0) is 62.3 Å². The highest BCUT2D eigenvalue weighted by molar-refractivity contribution is 5.99. The third kappa shape index (κ3) is 35.1. The van der Waals surface area contributed by atoms with E-state index in [-0.39, 0.29) is 69.6 Å². The maximum absolute atomic E-state index is 14.6. The van der Waals surface area contributed by atoms with E-state index in [0.717, 1.165) is 44.9 Å². The lowest BCUT2D eigenvalue weighted by Crippen LogP contribution is -2.58. The number of unbranched alkanes of at least 4 members (excludes halogenated alkanes) is 22. The zero-order valence-corrected chi connectivity index (χ0v) is 61.3. The summed E-state index contributed by atoms with van der Waals surface area (Å²) in [5.74, 6) is -7.57. The van der Waals surface area contributed by atoms with Crippen LogP contribution in [0.2, 0.25) is 0 Å². The number of nitrogens with two attached hydrogens (primary N) is 2. The average molecular weight is 1410 g/mol. The highest BCUT2D eigenvalue weighted by Crippen LogP contribution is 2.29. The number of nitrogens with zero attached hydrogens (tertiary/aromatic N) is 4. The van der Waals surface area contributed by atoms with Gasteiger partial charge in [0.25, 0.3) is 0 Å². The standard InChI is InChI=1S/C71H126N16O13/c1-7-9-11-13-15-17-19-21-23-25-27-29-41-74-59(89)40-39-55(65(95)75-42-30-28-26-24-22-20-18-16-14-12-10-8-2)84-67(97)56-36-32-44-85(56)69(99)58-38-34-46-87(58)70(100)57-37-33-45-86(57)68(98)52(5)82-64(94)51(4)80-61(91)49-78-60(90)47-79-63(93)50(3)81-66(96)54(35-31-43-76-71(72)73)83-62(92)48-77-53(6)88/h50-52,54-58H,7-49H2,1-6H3,(H,74,89)(H,75,95)(H,77,88)(H,78,90)(H,79,93)(H,80,91)(H,81,96)(H,82,94)(H,83,92)(H,84,97)(H4,72,73,76)/t50-,51-,52-,54-,55-,56-,57-,58-/m0/s1. The molecule has 3 fully saturated rings.